The largest absolute Gasteiger partial charge is 0.475 e. The summed E-state index contributed by atoms with van der Waals surface area (Å²) in [4.78, 5) is 5.51. The van der Waals surface area contributed by atoms with Crippen molar-refractivity contribution in [1.29, 1.82) is 0 Å². The molecule has 0 bridgehead atoms. The van der Waals surface area contributed by atoms with Crippen LogP contribution in [0.15, 0.2) is 54.7 Å². The molecule has 4 aromatic rings. The Labute approximate surface area is 164 Å². The molecule has 4 rings (SSSR count). The zero-order chi connectivity index (χ0) is 19.7. The molecule has 0 atom stereocenters. The maximum atomic E-state index is 13.9. The lowest BCUT2D eigenvalue weighted by atomic mass is 10.1. The Morgan fingerprint density at radius 3 is 2.68 bits per heavy atom. The average molecular weight is 399 g/mol. The van der Waals surface area contributed by atoms with E-state index in [0.29, 0.717) is 27.2 Å². The van der Waals surface area contributed by atoms with Gasteiger partial charge in [0.15, 0.2) is 11.6 Å². The predicted octanol–water partition coefficient (Wildman–Crippen LogP) is 4.92. The summed E-state index contributed by atoms with van der Waals surface area (Å²) in [6, 6.07) is 11.9. The first-order valence-corrected chi connectivity index (χ1v) is 8.66. The summed E-state index contributed by atoms with van der Waals surface area (Å²) in [6.45, 7) is 1.70. The molecule has 0 fully saturated rings. The van der Waals surface area contributed by atoms with E-state index in [1.165, 1.54) is 24.6 Å². The number of aromatic nitrogens is 3. The highest BCUT2D eigenvalue weighted by molar-refractivity contribution is 6.33. The Balaban J connectivity index is 1.80. The number of fused-ring (bicyclic) bond motifs is 1. The van der Waals surface area contributed by atoms with E-state index in [1.807, 2.05) is 18.2 Å². The summed E-state index contributed by atoms with van der Waals surface area (Å²) in [7, 11) is 1.46. The van der Waals surface area contributed by atoms with Crippen molar-refractivity contribution in [1.82, 2.24) is 14.9 Å². The van der Waals surface area contributed by atoms with Gasteiger partial charge in [-0.15, -0.1) is 9.94 Å². The highest BCUT2D eigenvalue weighted by Crippen LogP contribution is 2.34. The second-order valence-corrected chi connectivity index (χ2v) is 6.17. The molecule has 0 saturated carbocycles. The third-order valence-corrected chi connectivity index (χ3v) is 4.28. The Morgan fingerprint density at radius 1 is 1.11 bits per heavy atom. The summed E-state index contributed by atoms with van der Waals surface area (Å²) in [6.07, 6.45) is 1.53. The van der Waals surface area contributed by atoms with Gasteiger partial charge in [-0.25, -0.2) is 13.8 Å². The number of pyridine rings is 1. The molecule has 0 amide bonds. The Morgan fingerprint density at radius 2 is 1.93 bits per heavy atom. The van der Waals surface area contributed by atoms with Crippen LogP contribution in [0.3, 0.4) is 0 Å². The fourth-order valence-electron chi connectivity index (χ4n) is 2.72. The van der Waals surface area contributed by atoms with Gasteiger partial charge in [-0.2, -0.15) is 0 Å². The van der Waals surface area contributed by atoms with Crippen LogP contribution in [0, 0.1) is 11.6 Å². The molecule has 0 saturated heterocycles. The maximum absolute atomic E-state index is 13.9. The van der Waals surface area contributed by atoms with Gasteiger partial charge < -0.3 is 9.49 Å². The van der Waals surface area contributed by atoms with E-state index >= 15 is 0 Å². The molecule has 0 aliphatic carbocycles. The predicted molar refractivity (Wildman–Crippen MR) is 103 cm³/mol. The molecule has 2 aromatic heterocycles. The molecule has 28 heavy (non-hydrogen) atoms. The average Bonchev–Trinajstić information content (AvgIpc) is 3.03. The molecule has 2 aromatic carbocycles. The lowest BCUT2D eigenvalue weighted by Crippen LogP contribution is -2.14. The van der Waals surface area contributed by atoms with E-state index < -0.39 is 11.6 Å². The van der Waals surface area contributed by atoms with Crippen LogP contribution < -0.4 is 9.49 Å². The molecule has 1 radical (unpaired) electrons. The number of rotatable bonds is 5. The first kappa shape index (κ1) is 18.2. The molecule has 139 valence electrons. The summed E-state index contributed by atoms with van der Waals surface area (Å²) < 4.78 is 37.8. The van der Waals surface area contributed by atoms with E-state index in [4.69, 9.17) is 21.1 Å². The van der Waals surface area contributed by atoms with Gasteiger partial charge in [-0.1, -0.05) is 29.8 Å². The summed E-state index contributed by atoms with van der Waals surface area (Å²) in [5.74, 6) is -1.56. The molecule has 5 nitrogen and oxygen atoms in total. The molecular formula is C19H12BClF2N3O2. The van der Waals surface area contributed by atoms with E-state index in [2.05, 4.69) is 10.1 Å². The zero-order valence-electron chi connectivity index (χ0n) is 14.6. The monoisotopic (exact) mass is 398 g/mol. The van der Waals surface area contributed by atoms with Crippen molar-refractivity contribution in [3.05, 3.63) is 71.4 Å². The van der Waals surface area contributed by atoms with Crippen molar-refractivity contribution in [2.75, 3.05) is 0 Å². The quantitative estimate of drug-likeness (QED) is 0.448. The highest BCUT2D eigenvalue weighted by Gasteiger charge is 2.17. The number of nitrogens with zero attached hydrogens (tertiary/aromatic N) is 3. The second kappa shape index (κ2) is 7.48. The normalized spacial score (nSPS) is 10.9. The second-order valence-electron chi connectivity index (χ2n) is 5.76. The van der Waals surface area contributed by atoms with Crippen LogP contribution in [0.1, 0.15) is 0 Å². The summed E-state index contributed by atoms with van der Waals surface area (Å²) in [5.41, 5.74) is 1.84. The van der Waals surface area contributed by atoms with Crippen molar-refractivity contribution >= 4 is 30.0 Å². The first-order chi connectivity index (χ1) is 13.6. The van der Waals surface area contributed by atoms with Crippen LogP contribution >= 0.6 is 11.6 Å². The van der Waals surface area contributed by atoms with E-state index in [0.717, 1.165) is 12.1 Å². The van der Waals surface area contributed by atoms with Gasteiger partial charge in [-0.3, -0.25) is 0 Å². The number of hydrogen-bond acceptors (Lipinski definition) is 4. The topological polar surface area (TPSA) is 49.2 Å². The smallest absolute Gasteiger partial charge is 0.407 e. The zero-order valence-corrected chi connectivity index (χ0v) is 15.3. The van der Waals surface area contributed by atoms with Crippen LogP contribution in [0.2, 0.25) is 11.8 Å². The van der Waals surface area contributed by atoms with Gasteiger partial charge in [0.05, 0.1) is 10.4 Å². The van der Waals surface area contributed by atoms with Crippen molar-refractivity contribution < 1.29 is 18.3 Å². The molecule has 2 heterocycles. The Hall–Kier alpha value is -3.13. The van der Waals surface area contributed by atoms with Crippen molar-refractivity contribution in [3.8, 4) is 22.9 Å². The molecule has 0 unspecified atom stereocenters. The van der Waals surface area contributed by atoms with Gasteiger partial charge in [-0.05, 0) is 25.0 Å². The molecule has 0 N–H and O–H groups in total. The van der Waals surface area contributed by atoms with Crippen molar-refractivity contribution in [2.24, 2.45) is 0 Å². The molecule has 0 spiro atoms. The number of hydrogen-bond donors (Lipinski definition) is 0. The summed E-state index contributed by atoms with van der Waals surface area (Å²) in [5, 5.41) is 5.65. The van der Waals surface area contributed by atoms with Crippen LogP contribution in [-0.2, 0) is 0 Å². The van der Waals surface area contributed by atoms with Gasteiger partial charge in [0.2, 0.25) is 5.88 Å². The van der Waals surface area contributed by atoms with Crippen LogP contribution in [0.5, 0.6) is 11.6 Å². The highest BCUT2D eigenvalue weighted by atomic mass is 35.5. The SMILES string of the molecule is C[B]On1nc(-c2ccccc2Cl)c2cnc(Oc3ccc(F)cc3F)cc21. The minimum atomic E-state index is -0.828. The van der Waals surface area contributed by atoms with Crippen molar-refractivity contribution in [2.45, 2.75) is 6.82 Å². The van der Waals surface area contributed by atoms with Crippen LogP contribution in [0.4, 0.5) is 8.78 Å². The Bertz CT molecular complexity index is 1170. The molecule has 0 aliphatic heterocycles. The lowest BCUT2D eigenvalue weighted by molar-refractivity contribution is 0.262. The van der Waals surface area contributed by atoms with Crippen molar-refractivity contribution in [3.63, 3.8) is 0 Å². The van der Waals surface area contributed by atoms with Crippen LogP contribution in [0.25, 0.3) is 22.2 Å². The third-order valence-electron chi connectivity index (χ3n) is 3.95. The number of benzene rings is 2. The van der Waals surface area contributed by atoms with E-state index in [1.54, 1.807) is 19.0 Å². The van der Waals surface area contributed by atoms with Gasteiger partial charge >= 0.3 is 7.48 Å². The van der Waals surface area contributed by atoms with Gasteiger partial charge in [0.25, 0.3) is 0 Å². The lowest BCUT2D eigenvalue weighted by Gasteiger charge is -2.07. The first-order valence-electron chi connectivity index (χ1n) is 8.28. The fourth-order valence-corrected chi connectivity index (χ4v) is 2.95. The van der Waals surface area contributed by atoms with E-state index in [9.17, 15) is 8.78 Å². The Kier molecular flexibility index (Phi) is 4.87. The minimum Gasteiger partial charge on any atom is -0.475 e. The van der Waals surface area contributed by atoms with Gasteiger partial charge in [0, 0.05) is 23.9 Å². The third kappa shape index (κ3) is 3.38. The minimum absolute atomic E-state index is 0.101. The molecule has 9 heteroatoms. The summed E-state index contributed by atoms with van der Waals surface area (Å²) >= 11 is 6.30. The number of ether oxygens (including phenoxy) is 1. The van der Waals surface area contributed by atoms with E-state index in [-0.39, 0.29) is 11.6 Å². The standard InChI is InChI=1S/C19H12BClF2N3O2/c1-20-28-26-16-9-18(27-17-7-6-11(22)8-15(17)23)24-10-13(16)19(25-26)12-4-2-3-5-14(12)21/h2-10H,1H3. The molecule has 0 aliphatic rings. The maximum Gasteiger partial charge on any atom is 0.407 e. The molecular weight excluding hydrogens is 386 g/mol. The van der Waals surface area contributed by atoms with Crippen LogP contribution in [-0.4, -0.2) is 22.4 Å². The van der Waals surface area contributed by atoms with Gasteiger partial charge in [0.1, 0.15) is 17.0 Å². The fraction of sp³-hybridized carbons (Fsp3) is 0.0526. The number of halogens is 3.